The van der Waals surface area contributed by atoms with Crippen molar-refractivity contribution in [3.63, 3.8) is 0 Å². The molecule has 5 heteroatoms. The maximum Gasteiger partial charge on any atom is 0.235 e. The third-order valence-electron chi connectivity index (χ3n) is 3.70. The summed E-state index contributed by atoms with van der Waals surface area (Å²) in [4.78, 5) is 25.0. The molecule has 4 atom stereocenters. The highest BCUT2D eigenvalue weighted by Gasteiger charge is 2.62. The molecule has 0 saturated carbocycles. The Morgan fingerprint density at radius 1 is 1.20 bits per heavy atom. The van der Waals surface area contributed by atoms with E-state index in [1.165, 1.54) is 4.90 Å². The zero-order chi connectivity index (χ0) is 10.6. The fourth-order valence-electron chi connectivity index (χ4n) is 3.09. The second-order valence-electron chi connectivity index (χ2n) is 4.39. The molecule has 0 aromatic carbocycles. The number of hydrogen-bond donors (Lipinski definition) is 1. The summed E-state index contributed by atoms with van der Waals surface area (Å²) < 4.78 is 5.58. The number of β-amino-alcohol motifs (C(OH)–C–C–N with tert-alkyl or cyclic N) is 1. The number of likely N-dealkylation sites (tertiary alicyclic amines) is 1. The van der Waals surface area contributed by atoms with Crippen LogP contribution in [0.4, 0.5) is 0 Å². The van der Waals surface area contributed by atoms with Crippen molar-refractivity contribution in [3.05, 3.63) is 0 Å². The van der Waals surface area contributed by atoms with E-state index in [9.17, 15) is 9.59 Å². The molecule has 3 saturated heterocycles. The molecule has 3 heterocycles. The number of hydrogen-bond acceptors (Lipinski definition) is 4. The Hall–Kier alpha value is -0.940. The Morgan fingerprint density at radius 3 is 2.20 bits per heavy atom. The first-order valence-corrected chi connectivity index (χ1v) is 5.35. The molecule has 2 bridgehead atoms. The zero-order valence-electron chi connectivity index (χ0n) is 8.26. The van der Waals surface area contributed by atoms with Crippen LogP contribution in [0.3, 0.4) is 0 Å². The molecular weight excluding hydrogens is 198 g/mol. The summed E-state index contributed by atoms with van der Waals surface area (Å²) in [6, 6.07) is 0. The van der Waals surface area contributed by atoms with Gasteiger partial charge in [0.05, 0.1) is 37.2 Å². The van der Waals surface area contributed by atoms with E-state index >= 15 is 0 Å². The van der Waals surface area contributed by atoms with Gasteiger partial charge in [0.15, 0.2) is 0 Å². The van der Waals surface area contributed by atoms with Crippen LogP contribution in [0.25, 0.3) is 0 Å². The summed E-state index contributed by atoms with van der Waals surface area (Å²) in [5.41, 5.74) is 0. The van der Waals surface area contributed by atoms with Gasteiger partial charge in [-0.3, -0.25) is 14.5 Å². The van der Waals surface area contributed by atoms with Crippen molar-refractivity contribution in [2.45, 2.75) is 25.0 Å². The molecule has 15 heavy (non-hydrogen) atoms. The van der Waals surface area contributed by atoms with E-state index in [0.29, 0.717) is 0 Å². The van der Waals surface area contributed by atoms with Gasteiger partial charge in [0.1, 0.15) is 0 Å². The third-order valence-corrected chi connectivity index (χ3v) is 3.70. The van der Waals surface area contributed by atoms with Gasteiger partial charge >= 0.3 is 0 Å². The molecule has 3 aliphatic rings. The Morgan fingerprint density at radius 2 is 1.73 bits per heavy atom. The largest absolute Gasteiger partial charge is 0.395 e. The highest BCUT2D eigenvalue weighted by atomic mass is 16.5. The molecule has 0 spiro atoms. The maximum atomic E-state index is 11.9. The zero-order valence-corrected chi connectivity index (χ0v) is 8.26. The quantitative estimate of drug-likeness (QED) is 0.604. The molecule has 0 radical (unpaired) electrons. The van der Waals surface area contributed by atoms with Crippen molar-refractivity contribution in [1.82, 2.24) is 4.90 Å². The molecule has 0 unspecified atom stereocenters. The van der Waals surface area contributed by atoms with Crippen molar-refractivity contribution in [2.75, 3.05) is 13.2 Å². The van der Waals surface area contributed by atoms with E-state index in [0.717, 1.165) is 12.8 Å². The van der Waals surface area contributed by atoms with Gasteiger partial charge in [-0.15, -0.1) is 0 Å². The van der Waals surface area contributed by atoms with Gasteiger partial charge in [0, 0.05) is 0 Å². The smallest absolute Gasteiger partial charge is 0.235 e. The van der Waals surface area contributed by atoms with Gasteiger partial charge in [-0.05, 0) is 12.8 Å². The normalized spacial score (nSPS) is 42.9. The van der Waals surface area contributed by atoms with Crippen molar-refractivity contribution >= 4 is 11.8 Å². The molecule has 0 aliphatic carbocycles. The molecule has 2 amide bonds. The molecule has 3 fully saturated rings. The second kappa shape index (κ2) is 3.02. The standard InChI is InChI=1S/C10H13NO4/c12-4-3-11-9(13)7-5-1-2-6(15-5)8(7)10(11)14/h5-8,12H,1-4H2/t5-,6+,7+,8-. The summed E-state index contributed by atoms with van der Waals surface area (Å²) >= 11 is 0. The first-order valence-electron chi connectivity index (χ1n) is 5.35. The van der Waals surface area contributed by atoms with Crippen LogP contribution < -0.4 is 0 Å². The van der Waals surface area contributed by atoms with Crippen LogP contribution >= 0.6 is 0 Å². The van der Waals surface area contributed by atoms with Crippen LogP contribution in [0.15, 0.2) is 0 Å². The van der Waals surface area contributed by atoms with Crippen LogP contribution in [0.1, 0.15) is 12.8 Å². The average Bonchev–Trinajstić information content (AvgIpc) is 2.87. The Labute approximate surface area is 87.0 Å². The third kappa shape index (κ3) is 1.05. The second-order valence-corrected chi connectivity index (χ2v) is 4.39. The number of imide groups is 1. The fraction of sp³-hybridized carbons (Fsp3) is 0.800. The minimum Gasteiger partial charge on any atom is -0.395 e. The first-order chi connectivity index (χ1) is 7.24. The molecule has 5 nitrogen and oxygen atoms in total. The Balaban J connectivity index is 1.90. The van der Waals surface area contributed by atoms with E-state index in [2.05, 4.69) is 0 Å². The number of aliphatic hydroxyl groups excluding tert-OH is 1. The van der Waals surface area contributed by atoms with Crippen molar-refractivity contribution in [2.24, 2.45) is 11.8 Å². The Bertz CT molecular complexity index is 301. The van der Waals surface area contributed by atoms with Crippen molar-refractivity contribution in [1.29, 1.82) is 0 Å². The average molecular weight is 211 g/mol. The van der Waals surface area contributed by atoms with Gasteiger partial charge in [-0.25, -0.2) is 0 Å². The predicted octanol–water partition coefficient (Wildman–Crippen LogP) is -0.859. The molecule has 0 aromatic rings. The van der Waals surface area contributed by atoms with Crippen LogP contribution in [0, 0.1) is 11.8 Å². The van der Waals surface area contributed by atoms with Gasteiger partial charge < -0.3 is 9.84 Å². The van der Waals surface area contributed by atoms with Gasteiger partial charge in [-0.1, -0.05) is 0 Å². The van der Waals surface area contributed by atoms with E-state index in [4.69, 9.17) is 9.84 Å². The summed E-state index contributed by atoms with van der Waals surface area (Å²) in [6.45, 7) is -0.0305. The number of amides is 2. The topological polar surface area (TPSA) is 66.8 Å². The van der Waals surface area contributed by atoms with Crippen LogP contribution in [0.5, 0.6) is 0 Å². The van der Waals surface area contributed by atoms with E-state index in [1.54, 1.807) is 0 Å². The summed E-state index contributed by atoms with van der Waals surface area (Å²) in [6.07, 6.45) is 1.66. The Kier molecular flexibility index (Phi) is 1.87. The highest BCUT2D eigenvalue weighted by molar-refractivity contribution is 6.06. The summed E-state index contributed by atoms with van der Waals surface area (Å²) in [7, 11) is 0. The van der Waals surface area contributed by atoms with Gasteiger partial charge in [-0.2, -0.15) is 0 Å². The van der Waals surface area contributed by atoms with Gasteiger partial charge in [0.2, 0.25) is 11.8 Å². The lowest BCUT2D eigenvalue weighted by Crippen LogP contribution is -2.36. The van der Waals surface area contributed by atoms with Crippen molar-refractivity contribution < 1.29 is 19.4 Å². The predicted molar refractivity (Wildman–Crippen MR) is 48.7 cm³/mol. The maximum absolute atomic E-state index is 11.9. The molecular formula is C10H13NO4. The minimum atomic E-state index is -0.261. The van der Waals surface area contributed by atoms with Crippen LogP contribution in [-0.2, 0) is 14.3 Å². The number of ether oxygens (including phenoxy) is 1. The van der Waals surface area contributed by atoms with E-state index < -0.39 is 0 Å². The lowest BCUT2D eigenvalue weighted by Gasteiger charge is -2.15. The minimum absolute atomic E-state index is 0.0554. The lowest BCUT2D eigenvalue weighted by molar-refractivity contribution is -0.143. The first kappa shape index (κ1) is 9.30. The van der Waals surface area contributed by atoms with Crippen molar-refractivity contribution in [3.8, 4) is 0 Å². The number of fused-ring (bicyclic) bond motifs is 5. The number of aliphatic hydroxyl groups is 1. The molecule has 3 rings (SSSR count). The summed E-state index contributed by atoms with van der Waals surface area (Å²) in [5.74, 6) is -0.817. The monoisotopic (exact) mass is 211 g/mol. The lowest BCUT2D eigenvalue weighted by atomic mass is 9.81. The fourth-order valence-corrected chi connectivity index (χ4v) is 3.09. The number of carbonyl (C=O) groups excluding carboxylic acids is 2. The number of rotatable bonds is 2. The molecule has 82 valence electrons. The van der Waals surface area contributed by atoms with Crippen LogP contribution in [0.2, 0.25) is 0 Å². The highest BCUT2D eigenvalue weighted by Crippen LogP contribution is 2.48. The van der Waals surface area contributed by atoms with Gasteiger partial charge in [0.25, 0.3) is 0 Å². The number of carbonyl (C=O) groups is 2. The molecule has 1 N–H and O–H groups in total. The SMILES string of the molecule is O=C1[C@@H]2[C@H](C(=O)N1CCO)[C@@H]1CC[C@H]2O1. The molecule has 0 aromatic heterocycles. The van der Waals surface area contributed by atoms with E-state index in [-0.39, 0.29) is 49.0 Å². The number of nitrogens with zero attached hydrogens (tertiary/aromatic N) is 1. The van der Waals surface area contributed by atoms with Crippen LogP contribution in [-0.4, -0.2) is 47.2 Å². The summed E-state index contributed by atoms with van der Waals surface area (Å²) in [5, 5.41) is 8.80. The molecule has 3 aliphatic heterocycles. The van der Waals surface area contributed by atoms with E-state index in [1.807, 2.05) is 0 Å².